The van der Waals surface area contributed by atoms with Crippen LogP contribution < -0.4 is 20.7 Å². The molecule has 5 N–H and O–H groups in total. The van der Waals surface area contributed by atoms with Crippen molar-refractivity contribution in [3.63, 3.8) is 0 Å². The van der Waals surface area contributed by atoms with Crippen molar-refractivity contribution >= 4 is 66.5 Å². The lowest BCUT2D eigenvalue weighted by Gasteiger charge is -2.29. The molecule has 0 saturated heterocycles. The monoisotopic (exact) mass is 724 g/mol. The third-order valence-corrected chi connectivity index (χ3v) is 10.8. The normalized spacial score (nSPS) is 12.3. The Kier molecular flexibility index (Phi) is 8.55. The Morgan fingerprint density at radius 2 is 1.83 bits per heavy atom. The fourth-order valence-corrected chi connectivity index (χ4v) is 8.10. The van der Waals surface area contributed by atoms with Gasteiger partial charge in [-0.2, -0.15) is 5.10 Å². The van der Waals surface area contributed by atoms with Gasteiger partial charge in [0.1, 0.15) is 23.9 Å². The number of amides is 1. The number of nitrogens with one attached hydrogen (secondary N) is 2. The number of nitrogens with two attached hydrogens (primary N) is 1. The fraction of sp³-hybridized carbons (Fsp3) is 0.105. The van der Waals surface area contributed by atoms with Crippen molar-refractivity contribution in [1.82, 2.24) is 20.2 Å². The number of benzene rings is 4. The van der Waals surface area contributed by atoms with Gasteiger partial charge in [-0.15, -0.1) is 0 Å². The van der Waals surface area contributed by atoms with Crippen molar-refractivity contribution in [2.45, 2.75) is 19.6 Å². The third kappa shape index (κ3) is 6.30. The first-order valence-corrected chi connectivity index (χ1v) is 17.8. The lowest BCUT2D eigenvalue weighted by molar-refractivity contribution is 0.0692. The molecular weight excluding hydrogens is 697 g/mol. The number of carboxylic acid groups (broad SMARTS) is 1. The Morgan fingerprint density at radius 3 is 2.63 bits per heavy atom. The van der Waals surface area contributed by atoms with Crippen molar-refractivity contribution < 1.29 is 19.4 Å². The number of fused-ring (bicyclic) bond motifs is 2. The number of nitrogens with zero attached hydrogens (tertiary/aromatic N) is 5. The number of hydrogen-bond donors (Lipinski definition) is 4. The van der Waals surface area contributed by atoms with Gasteiger partial charge < -0.3 is 20.5 Å². The predicted molar refractivity (Wildman–Crippen MR) is 202 cm³/mol. The number of aromatic carboxylic acids is 1. The molecule has 4 heterocycles. The number of thiazole rings is 2. The summed E-state index contributed by atoms with van der Waals surface area (Å²) in [5.41, 5.74) is 12.2. The third-order valence-electron chi connectivity index (χ3n) is 8.73. The summed E-state index contributed by atoms with van der Waals surface area (Å²) in [5.74, 6) is -0.539. The topological polar surface area (TPSA) is 164 Å². The van der Waals surface area contributed by atoms with Gasteiger partial charge in [0.25, 0.3) is 11.6 Å². The Bertz CT molecular complexity index is 2500. The lowest BCUT2D eigenvalue weighted by atomic mass is 9.94. The van der Waals surface area contributed by atoms with E-state index in [4.69, 9.17) is 17.0 Å². The molecule has 0 saturated carbocycles. The Morgan fingerprint density at radius 1 is 1.00 bits per heavy atom. The summed E-state index contributed by atoms with van der Waals surface area (Å²) in [7, 11) is 0. The van der Waals surface area contributed by atoms with Gasteiger partial charge in [0, 0.05) is 18.7 Å². The number of anilines is 3. The molecule has 256 valence electrons. The average molecular weight is 725 g/mol. The standard InChI is InChI=1S/C38H28N8O4S2/c1-40-31-30(44-45-34(31)39)24-7-4-8-25(18-24)50-20-21-12-14-23(15-13-21)33-32(36(48)49)42-38(52-33)46-17-16-22-6-5-9-26(27(22)19-46)35(47)43-37-41-28-10-2-3-11-29(28)51-37/h2-15,18H,16-17,19-20H2,(H,48,49)(H3,39,44,45)(H,41,43,47). The van der Waals surface area contributed by atoms with Crippen LogP contribution in [0, 0.1) is 6.57 Å². The number of ether oxygens (including phenoxy) is 1. The summed E-state index contributed by atoms with van der Waals surface area (Å²) >= 11 is 2.74. The molecule has 12 nitrogen and oxygen atoms in total. The van der Waals surface area contributed by atoms with E-state index in [2.05, 4.69) is 30.3 Å². The van der Waals surface area contributed by atoms with Gasteiger partial charge >= 0.3 is 5.97 Å². The van der Waals surface area contributed by atoms with E-state index in [1.54, 1.807) is 6.07 Å². The molecule has 0 aliphatic carbocycles. The van der Waals surface area contributed by atoms with Crippen LogP contribution in [0.3, 0.4) is 0 Å². The number of H-pyrrole nitrogens is 1. The predicted octanol–water partition coefficient (Wildman–Crippen LogP) is 8.04. The summed E-state index contributed by atoms with van der Waals surface area (Å²) < 4.78 is 7.03. The highest BCUT2D eigenvalue weighted by Crippen LogP contribution is 2.38. The molecule has 0 bridgehead atoms. The molecule has 0 atom stereocenters. The minimum atomic E-state index is -1.11. The van der Waals surface area contributed by atoms with Crippen molar-refractivity contribution in [1.29, 1.82) is 0 Å². The van der Waals surface area contributed by atoms with E-state index in [-0.39, 0.29) is 29.7 Å². The maximum atomic E-state index is 13.5. The molecule has 14 heteroatoms. The van der Waals surface area contributed by atoms with Gasteiger partial charge in [-0.05, 0) is 64.6 Å². The molecule has 8 rings (SSSR count). The van der Waals surface area contributed by atoms with Crippen LogP contribution in [0.5, 0.6) is 5.75 Å². The van der Waals surface area contributed by atoms with Crippen LogP contribution in [-0.2, 0) is 19.6 Å². The number of carbonyl (C=O) groups is 2. The van der Waals surface area contributed by atoms with Gasteiger partial charge in [0.15, 0.2) is 16.0 Å². The molecule has 7 aromatic rings. The Balaban J connectivity index is 0.983. The van der Waals surface area contributed by atoms with Crippen LogP contribution in [0.1, 0.15) is 37.5 Å². The van der Waals surface area contributed by atoms with Gasteiger partial charge in [-0.25, -0.2) is 19.6 Å². The van der Waals surface area contributed by atoms with E-state index in [1.807, 2.05) is 89.8 Å². The van der Waals surface area contributed by atoms with Gasteiger partial charge in [-0.3, -0.25) is 15.2 Å². The first kappa shape index (κ1) is 32.6. The first-order valence-electron chi connectivity index (χ1n) is 16.1. The van der Waals surface area contributed by atoms with Crippen LogP contribution in [0.25, 0.3) is 36.8 Å². The van der Waals surface area contributed by atoms with Crippen molar-refractivity contribution in [3.8, 4) is 27.4 Å². The number of nitrogen functional groups attached to an aromatic ring is 1. The fourth-order valence-electron chi connectivity index (χ4n) is 6.15. The molecule has 52 heavy (non-hydrogen) atoms. The molecule has 1 amide bonds. The van der Waals surface area contributed by atoms with Crippen LogP contribution >= 0.6 is 22.7 Å². The Hall–Kier alpha value is -6.56. The molecule has 0 fully saturated rings. The molecule has 1 aliphatic heterocycles. The minimum Gasteiger partial charge on any atom is -0.489 e. The van der Waals surface area contributed by atoms with E-state index in [0.29, 0.717) is 57.2 Å². The van der Waals surface area contributed by atoms with E-state index < -0.39 is 5.97 Å². The zero-order valence-electron chi connectivity index (χ0n) is 27.3. The van der Waals surface area contributed by atoms with Crippen LogP contribution in [0.15, 0.2) is 91.0 Å². The number of aromatic amines is 1. The SMILES string of the molecule is [C-]#[N+]c1c(-c2cccc(OCc3ccc(-c4sc(N5CCc6cccc(C(=O)Nc7nc8ccccc8s7)c6C5)nc4C(=O)O)cc3)c2)n[nH]c1N. The number of carboxylic acids is 1. The second kappa shape index (κ2) is 13.6. The highest BCUT2D eigenvalue weighted by atomic mass is 32.1. The second-order valence-electron chi connectivity index (χ2n) is 12.0. The summed E-state index contributed by atoms with van der Waals surface area (Å²) in [6.07, 6.45) is 0.684. The number of hydrogen-bond acceptors (Lipinski definition) is 10. The van der Waals surface area contributed by atoms with Gasteiger partial charge in [0.2, 0.25) is 0 Å². The number of rotatable bonds is 9. The van der Waals surface area contributed by atoms with Gasteiger partial charge in [-0.1, -0.05) is 83.3 Å². The van der Waals surface area contributed by atoms with E-state index in [0.717, 1.165) is 32.5 Å². The largest absolute Gasteiger partial charge is 0.489 e. The summed E-state index contributed by atoms with van der Waals surface area (Å²) in [5, 5.41) is 21.0. The van der Waals surface area contributed by atoms with Crippen LogP contribution in [0.2, 0.25) is 0 Å². The minimum absolute atomic E-state index is 0.0220. The van der Waals surface area contributed by atoms with Crippen molar-refractivity contribution in [3.05, 3.63) is 130 Å². The zero-order chi connectivity index (χ0) is 35.8. The molecule has 3 aromatic heterocycles. The van der Waals surface area contributed by atoms with Crippen molar-refractivity contribution in [2.24, 2.45) is 0 Å². The van der Waals surface area contributed by atoms with Crippen LogP contribution in [0.4, 0.5) is 21.8 Å². The highest BCUT2D eigenvalue weighted by molar-refractivity contribution is 7.22. The number of aromatic nitrogens is 4. The smallest absolute Gasteiger partial charge is 0.356 e. The van der Waals surface area contributed by atoms with Crippen LogP contribution in [-0.4, -0.2) is 43.7 Å². The first-order chi connectivity index (χ1) is 25.3. The molecule has 0 spiro atoms. The summed E-state index contributed by atoms with van der Waals surface area (Å²) in [6.45, 7) is 8.71. The van der Waals surface area contributed by atoms with E-state index >= 15 is 0 Å². The number of carbonyl (C=O) groups excluding carboxylic acids is 1. The van der Waals surface area contributed by atoms with Crippen molar-refractivity contribution in [2.75, 3.05) is 22.5 Å². The zero-order valence-corrected chi connectivity index (χ0v) is 28.9. The lowest BCUT2D eigenvalue weighted by Crippen LogP contribution is -2.32. The maximum absolute atomic E-state index is 13.5. The molecule has 0 unspecified atom stereocenters. The van der Waals surface area contributed by atoms with E-state index in [9.17, 15) is 14.7 Å². The Labute approximate surface area is 305 Å². The number of para-hydroxylation sites is 1. The van der Waals surface area contributed by atoms with E-state index in [1.165, 1.54) is 22.7 Å². The average Bonchev–Trinajstić information content (AvgIpc) is 3.90. The highest BCUT2D eigenvalue weighted by Gasteiger charge is 2.27. The second-order valence-corrected chi connectivity index (χ2v) is 14.0. The summed E-state index contributed by atoms with van der Waals surface area (Å²) in [4.78, 5) is 41.1. The molecule has 4 aromatic carbocycles. The maximum Gasteiger partial charge on any atom is 0.356 e. The molecule has 0 radical (unpaired) electrons. The summed E-state index contributed by atoms with van der Waals surface area (Å²) in [6, 6.07) is 28.3. The molecule has 1 aliphatic rings. The molecular formula is C38H28N8O4S2. The quantitative estimate of drug-likeness (QED) is 0.108. The van der Waals surface area contributed by atoms with Gasteiger partial charge in [0.05, 0.1) is 21.7 Å².